The van der Waals surface area contributed by atoms with Crippen LogP contribution >= 0.6 is 0 Å². The maximum absolute atomic E-state index is 5.44. The molecule has 0 amide bonds. The van der Waals surface area contributed by atoms with Gasteiger partial charge in [0.15, 0.2) is 5.75 Å². The summed E-state index contributed by atoms with van der Waals surface area (Å²) in [7, 11) is 3.67. The van der Waals surface area contributed by atoms with Crippen LogP contribution in [0.4, 0.5) is 0 Å². The summed E-state index contributed by atoms with van der Waals surface area (Å²) in [4.78, 5) is 4.20. The molecule has 0 aliphatic rings. The molecule has 2 rings (SSSR count). The highest BCUT2D eigenvalue weighted by Gasteiger charge is 2.24. The fourth-order valence-electron chi connectivity index (χ4n) is 2.27. The summed E-state index contributed by atoms with van der Waals surface area (Å²) in [6, 6.07) is 0.0231. The number of aryl methyl sites for hydroxylation is 2. The number of hydrogen-bond donors (Lipinski definition) is 1. The van der Waals surface area contributed by atoms with Gasteiger partial charge in [-0.15, -0.1) is 0 Å². The standard InChI is InChI=1S/C13H21N5O/c1-5-15-12(10-7-14-9-17(10)3)13-11(19-4)8-16-18(13)6-2/h7-9,12,15H,5-6H2,1-4H3. The van der Waals surface area contributed by atoms with E-state index >= 15 is 0 Å². The van der Waals surface area contributed by atoms with Gasteiger partial charge >= 0.3 is 0 Å². The lowest BCUT2D eigenvalue weighted by atomic mass is 10.1. The van der Waals surface area contributed by atoms with Crippen LogP contribution in [0.3, 0.4) is 0 Å². The topological polar surface area (TPSA) is 56.9 Å². The number of hydrogen-bond acceptors (Lipinski definition) is 4. The van der Waals surface area contributed by atoms with E-state index in [-0.39, 0.29) is 6.04 Å². The lowest BCUT2D eigenvalue weighted by molar-refractivity contribution is 0.398. The van der Waals surface area contributed by atoms with Gasteiger partial charge in [-0.3, -0.25) is 4.68 Å². The summed E-state index contributed by atoms with van der Waals surface area (Å²) < 4.78 is 9.41. The third-order valence-electron chi connectivity index (χ3n) is 3.20. The second kappa shape index (κ2) is 5.88. The first-order valence-corrected chi connectivity index (χ1v) is 6.52. The van der Waals surface area contributed by atoms with Gasteiger partial charge in [0.05, 0.1) is 37.6 Å². The molecule has 0 aliphatic carbocycles. The molecule has 2 heterocycles. The zero-order valence-electron chi connectivity index (χ0n) is 11.9. The van der Waals surface area contributed by atoms with E-state index in [9.17, 15) is 0 Å². The van der Waals surface area contributed by atoms with Gasteiger partial charge in [0.25, 0.3) is 0 Å². The molecule has 2 aromatic heterocycles. The predicted octanol–water partition coefficient (Wildman–Crippen LogP) is 1.34. The molecule has 1 atom stereocenters. The summed E-state index contributed by atoms with van der Waals surface area (Å²) in [6.07, 6.45) is 5.44. The van der Waals surface area contributed by atoms with Gasteiger partial charge in [-0.2, -0.15) is 5.10 Å². The minimum absolute atomic E-state index is 0.0231. The van der Waals surface area contributed by atoms with Crippen molar-refractivity contribution in [3.63, 3.8) is 0 Å². The van der Waals surface area contributed by atoms with E-state index in [0.29, 0.717) is 0 Å². The summed E-state index contributed by atoms with van der Waals surface area (Å²) in [5.41, 5.74) is 2.13. The molecule has 6 nitrogen and oxygen atoms in total. The number of aromatic nitrogens is 4. The Kier molecular flexibility index (Phi) is 4.21. The van der Waals surface area contributed by atoms with Crippen LogP contribution in [0.5, 0.6) is 5.75 Å². The zero-order chi connectivity index (χ0) is 13.8. The fourth-order valence-corrected chi connectivity index (χ4v) is 2.27. The highest BCUT2D eigenvalue weighted by atomic mass is 16.5. The van der Waals surface area contributed by atoms with E-state index in [0.717, 1.165) is 30.2 Å². The van der Waals surface area contributed by atoms with Crippen molar-refractivity contribution < 1.29 is 4.74 Å². The smallest absolute Gasteiger partial charge is 0.161 e. The van der Waals surface area contributed by atoms with Crippen LogP contribution in [0.2, 0.25) is 0 Å². The van der Waals surface area contributed by atoms with Crippen molar-refractivity contribution in [2.45, 2.75) is 26.4 Å². The van der Waals surface area contributed by atoms with E-state index in [1.54, 1.807) is 19.6 Å². The molecule has 0 saturated heterocycles. The van der Waals surface area contributed by atoms with Crippen molar-refractivity contribution >= 4 is 0 Å². The van der Waals surface area contributed by atoms with E-state index in [2.05, 4.69) is 29.2 Å². The Hall–Kier alpha value is -1.82. The van der Waals surface area contributed by atoms with Gasteiger partial charge in [0.1, 0.15) is 5.69 Å². The molecule has 1 N–H and O–H groups in total. The number of methoxy groups -OCH3 is 1. The van der Waals surface area contributed by atoms with Gasteiger partial charge in [-0.05, 0) is 13.5 Å². The Balaban J connectivity index is 2.50. The Morgan fingerprint density at radius 3 is 2.68 bits per heavy atom. The maximum Gasteiger partial charge on any atom is 0.161 e. The molecule has 2 aromatic rings. The zero-order valence-corrected chi connectivity index (χ0v) is 11.9. The minimum atomic E-state index is 0.0231. The number of nitrogens with zero attached hydrogens (tertiary/aromatic N) is 4. The van der Waals surface area contributed by atoms with Crippen molar-refractivity contribution in [1.29, 1.82) is 0 Å². The largest absolute Gasteiger partial charge is 0.493 e. The molecule has 0 bridgehead atoms. The van der Waals surface area contributed by atoms with E-state index < -0.39 is 0 Å². The first-order valence-electron chi connectivity index (χ1n) is 6.52. The fraction of sp³-hybridized carbons (Fsp3) is 0.538. The molecular weight excluding hydrogens is 242 g/mol. The number of imidazole rings is 1. The van der Waals surface area contributed by atoms with E-state index in [1.807, 2.05) is 22.5 Å². The van der Waals surface area contributed by atoms with Gasteiger partial charge in [-0.1, -0.05) is 6.92 Å². The molecular formula is C13H21N5O. The Labute approximate surface area is 113 Å². The third kappa shape index (κ3) is 2.49. The van der Waals surface area contributed by atoms with Gasteiger partial charge < -0.3 is 14.6 Å². The molecule has 1 unspecified atom stereocenters. The molecule has 0 fully saturated rings. The Morgan fingerprint density at radius 2 is 2.16 bits per heavy atom. The van der Waals surface area contributed by atoms with Crippen molar-refractivity contribution in [1.82, 2.24) is 24.6 Å². The molecule has 0 saturated carbocycles. The highest BCUT2D eigenvalue weighted by molar-refractivity contribution is 5.33. The minimum Gasteiger partial charge on any atom is -0.493 e. The Bertz CT molecular complexity index is 509. The van der Waals surface area contributed by atoms with Crippen LogP contribution in [0.1, 0.15) is 31.3 Å². The average Bonchev–Trinajstić information content (AvgIpc) is 3.01. The highest BCUT2D eigenvalue weighted by Crippen LogP contribution is 2.29. The molecule has 0 aliphatic heterocycles. The van der Waals surface area contributed by atoms with Crippen molar-refractivity contribution in [3.05, 3.63) is 30.1 Å². The van der Waals surface area contributed by atoms with Crippen molar-refractivity contribution in [2.24, 2.45) is 7.05 Å². The molecule has 104 valence electrons. The lowest BCUT2D eigenvalue weighted by Gasteiger charge is -2.20. The van der Waals surface area contributed by atoms with Crippen LogP contribution in [-0.4, -0.2) is 33.0 Å². The monoisotopic (exact) mass is 263 g/mol. The quantitative estimate of drug-likeness (QED) is 0.854. The first-order chi connectivity index (χ1) is 9.22. The summed E-state index contributed by atoms with van der Waals surface area (Å²) >= 11 is 0. The normalized spacial score (nSPS) is 12.6. The second-order valence-corrected chi connectivity index (χ2v) is 4.33. The third-order valence-corrected chi connectivity index (χ3v) is 3.20. The van der Waals surface area contributed by atoms with Gasteiger partial charge in [0, 0.05) is 13.6 Å². The maximum atomic E-state index is 5.44. The van der Waals surface area contributed by atoms with Crippen LogP contribution in [-0.2, 0) is 13.6 Å². The van der Waals surface area contributed by atoms with Crippen LogP contribution < -0.4 is 10.1 Å². The molecule has 0 spiro atoms. The second-order valence-electron chi connectivity index (χ2n) is 4.33. The summed E-state index contributed by atoms with van der Waals surface area (Å²) in [6.45, 7) is 5.82. The Morgan fingerprint density at radius 1 is 1.37 bits per heavy atom. The summed E-state index contributed by atoms with van der Waals surface area (Å²) in [5, 5.41) is 7.85. The molecule has 6 heteroatoms. The number of rotatable bonds is 6. The van der Waals surface area contributed by atoms with Gasteiger partial charge in [0.2, 0.25) is 0 Å². The summed E-state index contributed by atoms with van der Waals surface area (Å²) in [5.74, 6) is 0.800. The van der Waals surface area contributed by atoms with Crippen molar-refractivity contribution in [3.8, 4) is 5.75 Å². The van der Waals surface area contributed by atoms with E-state index in [1.165, 1.54) is 0 Å². The number of nitrogens with one attached hydrogen (secondary N) is 1. The van der Waals surface area contributed by atoms with Crippen molar-refractivity contribution in [2.75, 3.05) is 13.7 Å². The first kappa shape index (κ1) is 13.6. The molecule has 0 radical (unpaired) electrons. The predicted molar refractivity (Wildman–Crippen MR) is 73.2 cm³/mol. The van der Waals surface area contributed by atoms with Crippen LogP contribution in [0, 0.1) is 0 Å². The van der Waals surface area contributed by atoms with Gasteiger partial charge in [-0.25, -0.2) is 4.98 Å². The number of ether oxygens (including phenoxy) is 1. The average molecular weight is 263 g/mol. The van der Waals surface area contributed by atoms with Crippen LogP contribution in [0.15, 0.2) is 18.7 Å². The SMILES string of the molecule is CCNC(c1cncn1C)c1c(OC)cnn1CC. The molecule has 19 heavy (non-hydrogen) atoms. The van der Waals surface area contributed by atoms with E-state index in [4.69, 9.17) is 4.74 Å². The molecule has 0 aromatic carbocycles. The lowest BCUT2D eigenvalue weighted by Crippen LogP contribution is -2.27. The van der Waals surface area contributed by atoms with Crippen LogP contribution in [0.25, 0.3) is 0 Å².